The van der Waals surface area contributed by atoms with Gasteiger partial charge in [0.05, 0.1) is 0 Å². The first kappa shape index (κ1) is 15.7. The Morgan fingerprint density at radius 3 is 2.70 bits per heavy atom. The third kappa shape index (κ3) is 3.29. The van der Waals surface area contributed by atoms with E-state index >= 15 is 0 Å². The summed E-state index contributed by atoms with van der Waals surface area (Å²) in [7, 11) is 0. The van der Waals surface area contributed by atoms with E-state index in [1.54, 1.807) is 6.07 Å². The highest BCUT2D eigenvalue weighted by molar-refractivity contribution is 9.10. The monoisotopic (exact) mass is 385 g/mol. The number of benzene rings is 1. The van der Waals surface area contributed by atoms with Crippen molar-refractivity contribution in [1.82, 2.24) is 19.8 Å². The van der Waals surface area contributed by atoms with Crippen molar-refractivity contribution in [2.24, 2.45) is 0 Å². The first-order valence-corrected chi connectivity index (χ1v) is 7.42. The van der Waals surface area contributed by atoms with Gasteiger partial charge in [-0.2, -0.15) is 17.7 Å². The number of anilines is 1. The summed E-state index contributed by atoms with van der Waals surface area (Å²) < 4.78 is 40.1. The van der Waals surface area contributed by atoms with Gasteiger partial charge in [0.1, 0.15) is 5.82 Å². The molecule has 0 spiro atoms. The number of alkyl halides is 3. The molecule has 0 bridgehead atoms. The number of halogens is 4. The average Bonchev–Trinajstić information content (AvgIpc) is 2.91. The lowest BCUT2D eigenvalue weighted by atomic mass is 10.1. The lowest BCUT2D eigenvalue weighted by molar-refractivity contribution is -0.146. The minimum Gasteiger partial charge on any atom is -0.365 e. The molecular weight excluding hydrogens is 375 g/mol. The van der Waals surface area contributed by atoms with Crippen LogP contribution in [0.5, 0.6) is 0 Å². The Bertz CT molecular complexity index is 859. The molecule has 0 fully saturated rings. The first-order chi connectivity index (χ1) is 10.8. The molecule has 0 atom stereocenters. The van der Waals surface area contributed by atoms with Crippen LogP contribution in [0.1, 0.15) is 17.0 Å². The third-order valence-corrected chi connectivity index (χ3v) is 3.78. The molecule has 0 aliphatic carbocycles. The molecule has 2 heterocycles. The van der Waals surface area contributed by atoms with E-state index in [2.05, 4.69) is 36.5 Å². The maximum absolute atomic E-state index is 12.8. The van der Waals surface area contributed by atoms with Crippen LogP contribution in [-0.2, 0) is 12.7 Å². The van der Waals surface area contributed by atoms with Gasteiger partial charge in [-0.25, -0.2) is 0 Å². The molecule has 0 saturated carbocycles. The van der Waals surface area contributed by atoms with E-state index in [9.17, 15) is 13.2 Å². The van der Waals surface area contributed by atoms with Gasteiger partial charge in [-0.15, -0.1) is 15.3 Å². The first-order valence-electron chi connectivity index (χ1n) is 6.63. The third-order valence-electron chi connectivity index (χ3n) is 3.29. The molecule has 0 unspecified atom stereocenters. The maximum atomic E-state index is 12.8. The van der Waals surface area contributed by atoms with Gasteiger partial charge in [-0.3, -0.25) is 0 Å². The maximum Gasteiger partial charge on any atom is 0.453 e. The molecule has 1 aromatic carbocycles. The van der Waals surface area contributed by atoms with Gasteiger partial charge in [-0.1, -0.05) is 22.0 Å². The number of rotatable bonds is 3. The average molecular weight is 386 g/mol. The summed E-state index contributed by atoms with van der Waals surface area (Å²) in [6.07, 6.45) is -4.61. The normalized spacial score (nSPS) is 11.9. The van der Waals surface area contributed by atoms with Crippen molar-refractivity contribution in [2.45, 2.75) is 19.6 Å². The zero-order chi connectivity index (χ0) is 16.6. The van der Waals surface area contributed by atoms with Crippen molar-refractivity contribution in [2.75, 3.05) is 5.32 Å². The van der Waals surface area contributed by atoms with Crippen molar-refractivity contribution in [1.29, 1.82) is 0 Å². The zero-order valence-electron chi connectivity index (χ0n) is 11.9. The SMILES string of the molecule is Cc1ccc(Br)cc1CNc1ccc2nnc(C(F)(F)F)n2n1. The summed E-state index contributed by atoms with van der Waals surface area (Å²) in [5, 5.41) is 13.5. The predicted molar refractivity (Wildman–Crippen MR) is 82.0 cm³/mol. The van der Waals surface area contributed by atoms with Gasteiger partial charge in [0.2, 0.25) is 0 Å². The molecule has 0 amide bonds. The van der Waals surface area contributed by atoms with Crippen LogP contribution in [0.2, 0.25) is 0 Å². The number of hydrogen-bond acceptors (Lipinski definition) is 4. The highest BCUT2D eigenvalue weighted by Gasteiger charge is 2.37. The van der Waals surface area contributed by atoms with Crippen molar-refractivity contribution in [3.63, 3.8) is 0 Å². The fourth-order valence-corrected chi connectivity index (χ4v) is 2.48. The van der Waals surface area contributed by atoms with Crippen molar-refractivity contribution in [3.05, 3.63) is 51.8 Å². The minimum absolute atomic E-state index is 0.0431. The van der Waals surface area contributed by atoms with E-state index in [0.717, 1.165) is 15.6 Å². The molecule has 9 heteroatoms. The number of nitrogens with zero attached hydrogens (tertiary/aromatic N) is 4. The van der Waals surface area contributed by atoms with Gasteiger partial charge < -0.3 is 5.32 Å². The van der Waals surface area contributed by atoms with Gasteiger partial charge >= 0.3 is 6.18 Å². The Morgan fingerprint density at radius 2 is 1.96 bits per heavy atom. The van der Waals surface area contributed by atoms with Crippen LogP contribution in [0.3, 0.4) is 0 Å². The lowest BCUT2D eigenvalue weighted by Gasteiger charge is -2.10. The molecule has 3 rings (SSSR count). The predicted octanol–water partition coefficient (Wildman–Crippen LogP) is 3.83. The van der Waals surface area contributed by atoms with Crippen molar-refractivity contribution in [3.8, 4) is 0 Å². The van der Waals surface area contributed by atoms with Crippen LogP contribution in [0.4, 0.5) is 19.0 Å². The lowest BCUT2D eigenvalue weighted by Crippen LogP contribution is -2.13. The Labute approximate surface area is 137 Å². The molecular formula is C14H11BrF3N5. The second-order valence-electron chi connectivity index (χ2n) is 4.93. The van der Waals surface area contributed by atoms with E-state index in [0.29, 0.717) is 16.9 Å². The van der Waals surface area contributed by atoms with Crippen LogP contribution in [0.15, 0.2) is 34.8 Å². The van der Waals surface area contributed by atoms with Crippen LogP contribution in [0, 0.1) is 6.92 Å². The van der Waals surface area contributed by atoms with E-state index in [1.165, 1.54) is 6.07 Å². The fourth-order valence-electron chi connectivity index (χ4n) is 2.08. The molecule has 120 valence electrons. The summed E-state index contributed by atoms with van der Waals surface area (Å²) in [6, 6.07) is 8.83. The standard InChI is InChI=1S/C14H11BrF3N5/c1-8-2-3-10(15)6-9(8)7-19-11-4-5-12-20-21-13(14(16,17)18)23(12)22-11/h2-6H,7H2,1H3,(H,19,22). The van der Waals surface area contributed by atoms with E-state index in [-0.39, 0.29) is 5.65 Å². The number of hydrogen-bond donors (Lipinski definition) is 1. The molecule has 5 nitrogen and oxygen atoms in total. The molecule has 2 aromatic heterocycles. The topological polar surface area (TPSA) is 55.1 Å². The summed E-state index contributed by atoms with van der Waals surface area (Å²) in [6.45, 7) is 2.40. The van der Waals surface area contributed by atoms with E-state index in [4.69, 9.17) is 0 Å². The molecule has 0 saturated heterocycles. The molecule has 3 aromatic rings. The fraction of sp³-hybridized carbons (Fsp3) is 0.214. The van der Waals surface area contributed by atoms with Crippen LogP contribution < -0.4 is 5.32 Å². The highest BCUT2D eigenvalue weighted by atomic mass is 79.9. The number of aryl methyl sites for hydroxylation is 1. The molecule has 0 aliphatic rings. The molecule has 23 heavy (non-hydrogen) atoms. The molecule has 1 N–H and O–H groups in total. The van der Waals surface area contributed by atoms with Crippen LogP contribution in [0.25, 0.3) is 5.65 Å². The molecule has 0 aliphatic heterocycles. The summed E-state index contributed by atoms with van der Waals surface area (Å²) in [4.78, 5) is 0. The van der Waals surface area contributed by atoms with Gasteiger partial charge in [-0.05, 0) is 42.3 Å². The number of aromatic nitrogens is 4. The Kier molecular flexibility index (Phi) is 3.97. The Balaban J connectivity index is 1.87. The molecule has 0 radical (unpaired) electrons. The van der Waals surface area contributed by atoms with Crippen molar-refractivity contribution < 1.29 is 13.2 Å². The Hall–Kier alpha value is -2.16. The van der Waals surface area contributed by atoms with Crippen LogP contribution in [-0.4, -0.2) is 19.8 Å². The zero-order valence-corrected chi connectivity index (χ0v) is 13.5. The number of fused-ring (bicyclic) bond motifs is 1. The van der Waals surface area contributed by atoms with Gasteiger partial charge in [0.15, 0.2) is 5.65 Å². The summed E-state index contributed by atoms with van der Waals surface area (Å²) in [5.74, 6) is -0.836. The second kappa shape index (κ2) is 5.80. The smallest absolute Gasteiger partial charge is 0.365 e. The van der Waals surface area contributed by atoms with Crippen LogP contribution >= 0.6 is 15.9 Å². The van der Waals surface area contributed by atoms with E-state index in [1.807, 2.05) is 25.1 Å². The van der Waals surface area contributed by atoms with Gasteiger partial charge in [0.25, 0.3) is 5.82 Å². The highest BCUT2D eigenvalue weighted by Crippen LogP contribution is 2.27. The largest absolute Gasteiger partial charge is 0.453 e. The van der Waals surface area contributed by atoms with E-state index < -0.39 is 12.0 Å². The van der Waals surface area contributed by atoms with Gasteiger partial charge in [0, 0.05) is 11.0 Å². The Morgan fingerprint density at radius 1 is 1.17 bits per heavy atom. The van der Waals surface area contributed by atoms with Crippen molar-refractivity contribution >= 4 is 27.4 Å². The second-order valence-corrected chi connectivity index (χ2v) is 5.85. The summed E-state index contributed by atoms with van der Waals surface area (Å²) >= 11 is 3.39. The quantitative estimate of drug-likeness (QED) is 0.744. The summed E-state index contributed by atoms with van der Waals surface area (Å²) in [5.41, 5.74) is 2.13. The minimum atomic E-state index is -4.61. The number of nitrogens with one attached hydrogen (secondary N) is 1.